The summed E-state index contributed by atoms with van der Waals surface area (Å²) in [6.07, 6.45) is 1.53. The van der Waals surface area contributed by atoms with E-state index >= 15 is 0 Å². The van der Waals surface area contributed by atoms with Crippen LogP contribution in [0.4, 0.5) is 5.82 Å². The molecule has 2 heterocycles. The molecule has 1 aromatic heterocycles. The first kappa shape index (κ1) is 18.0. The van der Waals surface area contributed by atoms with Gasteiger partial charge in [0.15, 0.2) is 0 Å². The Balaban J connectivity index is 2.14. The quantitative estimate of drug-likeness (QED) is 0.797. The van der Waals surface area contributed by atoms with Crippen LogP contribution in [0.5, 0.6) is 0 Å². The molecule has 0 aliphatic carbocycles. The lowest BCUT2D eigenvalue weighted by Crippen LogP contribution is -2.41. The molecule has 23 heavy (non-hydrogen) atoms. The van der Waals surface area contributed by atoms with Crippen LogP contribution in [-0.2, 0) is 14.1 Å². The number of likely N-dealkylation sites (N-methyl/N-ethyl adjacent to an activating group) is 1. The summed E-state index contributed by atoms with van der Waals surface area (Å²) in [6, 6.07) is 1.75. The summed E-state index contributed by atoms with van der Waals surface area (Å²) < 4.78 is 12.0. The zero-order chi connectivity index (χ0) is 17.3. The third-order valence-corrected chi connectivity index (χ3v) is 4.51. The van der Waals surface area contributed by atoms with E-state index in [0.717, 1.165) is 0 Å². The maximum absolute atomic E-state index is 11.5. The zero-order valence-corrected chi connectivity index (χ0v) is 15.0. The fraction of sp³-hybridized carbons (Fsp3) is 0.600. The van der Waals surface area contributed by atoms with Crippen molar-refractivity contribution in [1.82, 2.24) is 10.3 Å². The number of carbonyl (C=O) groups excluding carboxylic acids is 1. The number of aromatic nitrogens is 1. The number of hydrogen-bond donors (Lipinski definition) is 2. The van der Waals surface area contributed by atoms with Crippen LogP contribution in [-0.4, -0.2) is 42.3 Å². The topological polar surface area (TPSA) is 72.5 Å². The van der Waals surface area contributed by atoms with Crippen LogP contribution in [0.2, 0.25) is 5.02 Å². The molecule has 0 bridgehead atoms. The van der Waals surface area contributed by atoms with E-state index in [2.05, 4.69) is 15.6 Å². The van der Waals surface area contributed by atoms with Crippen molar-refractivity contribution in [2.75, 3.05) is 18.4 Å². The molecule has 0 aromatic carbocycles. The van der Waals surface area contributed by atoms with Gasteiger partial charge in [0.1, 0.15) is 5.82 Å². The number of nitrogens with zero attached hydrogens (tertiary/aromatic N) is 1. The highest BCUT2D eigenvalue weighted by molar-refractivity contribution is 6.65. The summed E-state index contributed by atoms with van der Waals surface area (Å²) in [5.74, 6) is 0.451. The van der Waals surface area contributed by atoms with E-state index in [1.165, 1.54) is 6.20 Å². The number of pyridine rings is 1. The highest BCUT2D eigenvalue weighted by atomic mass is 35.5. The van der Waals surface area contributed by atoms with Crippen molar-refractivity contribution in [3.05, 3.63) is 17.3 Å². The minimum absolute atomic E-state index is 0.0959. The molecule has 0 saturated carbocycles. The second-order valence-electron chi connectivity index (χ2n) is 6.49. The lowest BCUT2D eigenvalue weighted by atomic mass is 9.79. The zero-order valence-electron chi connectivity index (χ0n) is 14.2. The first-order valence-corrected chi connectivity index (χ1v) is 8.05. The molecular formula is C15H23BClN3O3. The Hall–Kier alpha value is -1.31. The van der Waals surface area contributed by atoms with E-state index in [-0.39, 0.29) is 12.5 Å². The SMILES string of the molecule is CCNC(=O)CNc1cc(B2OC(C)(C)C(C)(C)O2)c(Cl)cn1. The number of carbonyl (C=O) groups is 1. The molecule has 0 atom stereocenters. The fourth-order valence-electron chi connectivity index (χ4n) is 2.13. The Morgan fingerprint density at radius 2 is 1.91 bits per heavy atom. The summed E-state index contributed by atoms with van der Waals surface area (Å²) >= 11 is 6.25. The van der Waals surface area contributed by atoms with Crippen molar-refractivity contribution >= 4 is 35.9 Å². The minimum atomic E-state index is -0.569. The van der Waals surface area contributed by atoms with Crippen molar-refractivity contribution in [3.8, 4) is 0 Å². The highest BCUT2D eigenvalue weighted by Crippen LogP contribution is 2.37. The molecule has 0 unspecified atom stereocenters. The number of hydrogen-bond acceptors (Lipinski definition) is 5. The van der Waals surface area contributed by atoms with Gasteiger partial charge in [-0.25, -0.2) is 4.98 Å². The standard InChI is InChI=1S/C15H23BClN3O3/c1-6-18-13(21)9-20-12-7-10(11(17)8-19-12)16-22-14(2,3)15(4,5)23-16/h7-8H,6,9H2,1-5H3,(H,18,21)(H,19,20). The molecule has 126 valence electrons. The monoisotopic (exact) mass is 339 g/mol. The largest absolute Gasteiger partial charge is 0.496 e. The van der Waals surface area contributed by atoms with E-state index in [4.69, 9.17) is 20.9 Å². The van der Waals surface area contributed by atoms with Gasteiger partial charge in [0.05, 0.1) is 22.8 Å². The van der Waals surface area contributed by atoms with Crippen LogP contribution >= 0.6 is 11.6 Å². The van der Waals surface area contributed by atoms with Crippen LogP contribution in [0.1, 0.15) is 34.6 Å². The van der Waals surface area contributed by atoms with E-state index in [1.807, 2.05) is 34.6 Å². The van der Waals surface area contributed by atoms with Gasteiger partial charge >= 0.3 is 7.12 Å². The summed E-state index contributed by atoms with van der Waals surface area (Å²) in [6.45, 7) is 10.5. The van der Waals surface area contributed by atoms with Gasteiger partial charge in [-0.1, -0.05) is 11.6 Å². The Labute approximate surface area is 142 Å². The lowest BCUT2D eigenvalue weighted by Gasteiger charge is -2.32. The van der Waals surface area contributed by atoms with Gasteiger partial charge < -0.3 is 19.9 Å². The smallest absolute Gasteiger partial charge is 0.399 e. The third kappa shape index (κ3) is 3.97. The number of amides is 1. The maximum atomic E-state index is 11.5. The number of halogens is 1. The van der Waals surface area contributed by atoms with Gasteiger partial charge in [-0.2, -0.15) is 0 Å². The molecule has 2 rings (SSSR count). The summed E-state index contributed by atoms with van der Waals surface area (Å²) in [7, 11) is -0.569. The summed E-state index contributed by atoms with van der Waals surface area (Å²) in [5, 5.41) is 6.15. The molecular weight excluding hydrogens is 316 g/mol. The van der Waals surface area contributed by atoms with E-state index in [1.54, 1.807) is 6.07 Å². The van der Waals surface area contributed by atoms with Crippen LogP contribution in [0, 0.1) is 0 Å². The Morgan fingerprint density at radius 3 is 2.48 bits per heavy atom. The molecule has 1 aliphatic rings. The Bertz CT molecular complexity index is 579. The molecule has 1 aromatic rings. The van der Waals surface area contributed by atoms with Gasteiger partial charge in [-0.05, 0) is 40.7 Å². The third-order valence-electron chi connectivity index (χ3n) is 4.20. The second kappa shape index (κ2) is 6.67. The first-order chi connectivity index (χ1) is 10.7. The second-order valence-corrected chi connectivity index (χ2v) is 6.89. The molecule has 0 radical (unpaired) electrons. The number of nitrogens with one attached hydrogen (secondary N) is 2. The molecule has 2 N–H and O–H groups in total. The van der Waals surface area contributed by atoms with Crippen molar-refractivity contribution in [1.29, 1.82) is 0 Å². The van der Waals surface area contributed by atoms with E-state index in [9.17, 15) is 4.79 Å². The Morgan fingerprint density at radius 1 is 1.30 bits per heavy atom. The van der Waals surface area contributed by atoms with Crippen molar-refractivity contribution in [3.63, 3.8) is 0 Å². The predicted octanol–water partition coefficient (Wildman–Crippen LogP) is 1.58. The molecule has 8 heteroatoms. The maximum Gasteiger partial charge on any atom is 0.496 e. The van der Waals surface area contributed by atoms with Crippen LogP contribution in [0.15, 0.2) is 12.3 Å². The van der Waals surface area contributed by atoms with E-state index in [0.29, 0.717) is 22.8 Å². The van der Waals surface area contributed by atoms with Gasteiger partial charge in [-0.3, -0.25) is 4.79 Å². The molecule has 6 nitrogen and oxygen atoms in total. The number of rotatable bonds is 5. The van der Waals surface area contributed by atoms with Gasteiger partial charge in [-0.15, -0.1) is 0 Å². The van der Waals surface area contributed by atoms with Gasteiger partial charge in [0.2, 0.25) is 5.91 Å². The lowest BCUT2D eigenvalue weighted by molar-refractivity contribution is -0.119. The molecule has 1 saturated heterocycles. The van der Waals surface area contributed by atoms with Crippen LogP contribution in [0.3, 0.4) is 0 Å². The van der Waals surface area contributed by atoms with Gasteiger partial charge in [0, 0.05) is 18.2 Å². The average molecular weight is 340 g/mol. The van der Waals surface area contributed by atoms with Crippen LogP contribution in [0.25, 0.3) is 0 Å². The number of anilines is 1. The van der Waals surface area contributed by atoms with Crippen molar-refractivity contribution in [2.24, 2.45) is 0 Å². The summed E-state index contributed by atoms with van der Waals surface area (Å²) in [5.41, 5.74) is -0.198. The Kier molecular flexibility index (Phi) is 5.23. The molecule has 1 amide bonds. The van der Waals surface area contributed by atoms with E-state index < -0.39 is 18.3 Å². The minimum Gasteiger partial charge on any atom is -0.399 e. The fourth-order valence-corrected chi connectivity index (χ4v) is 2.32. The normalized spacial score (nSPS) is 18.8. The first-order valence-electron chi connectivity index (χ1n) is 7.68. The van der Waals surface area contributed by atoms with Crippen LogP contribution < -0.4 is 16.1 Å². The molecule has 0 spiro atoms. The molecule has 1 fully saturated rings. The van der Waals surface area contributed by atoms with Crippen molar-refractivity contribution in [2.45, 2.75) is 45.8 Å². The average Bonchev–Trinajstić information content (AvgIpc) is 2.66. The molecule has 1 aliphatic heterocycles. The van der Waals surface area contributed by atoms with Gasteiger partial charge in [0.25, 0.3) is 0 Å². The summed E-state index contributed by atoms with van der Waals surface area (Å²) in [4.78, 5) is 15.7. The highest BCUT2D eigenvalue weighted by Gasteiger charge is 2.52. The predicted molar refractivity (Wildman–Crippen MR) is 92.1 cm³/mol. The van der Waals surface area contributed by atoms with Crippen molar-refractivity contribution < 1.29 is 14.1 Å².